The molecule has 1 aliphatic carbocycles. The number of amides is 1. The minimum absolute atomic E-state index is 0.176. The largest absolute Gasteiger partial charge is 0.342 e. The molecule has 1 amide bonds. The first-order valence-corrected chi connectivity index (χ1v) is 11.3. The summed E-state index contributed by atoms with van der Waals surface area (Å²) in [7, 11) is -3.42. The van der Waals surface area contributed by atoms with Crippen LogP contribution in [0.4, 0.5) is 0 Å². The number of benzene rings is 1. The zero-order valence-electron chi connectivity index (χ0n) is 15.6. The van der Waals surface area contributed by atoms with Crippen LogP contribution in [0.1, 0.15) is 30.4 Å². The third-order valence-corrected chi connectivity index (χ3v) is 7.86. The summed E-state index contributed by atoms with van der Waals surface area (Å²) in [6.45, 7) is 4.27. The Kier molecular flexibility index (Phi) is 5.34. The molecule has 0 N–H and O–H groups in total. The molecule has 2 fully saturated rings. The lowest BCUT2D eigenvalue weighted by Crippen LogP contribution is -2.51. The van der Waals surface area contributed by atoms with Crippen molar-refractivity contribution < 1.29 is 13.2 Å². The molecule has 2 saturated heterocycles. The fourth-order valence-corrected chi connectivity index (χ4v) is 5.77. The van der Waals surface area contributed by atoms with Crippen molar-refractivity contribution >= 4 is 22.0 Å². The molecule has 0 bridgehead atoms. The Labute approximate surface area is 161 Å². The predicted octanol–water partition coefficient (Wildman–Crippen LogP) is 1.54. The van der Waals surface area contributed by atoms with Crippen molar-refractivity contribution in [3.8, 4) is 0 Å². The molecular weight excluding hydrogens is 362 g/mol. The normalized spacial score (nSPS) is 21.8. The zero-order valence-corrected chi connectivity index (χ0v) is 16.5. The van der Waals surface area contributed by atoms with E-state index in [1.54, 1.807) is 4.31 Å². The van der Waals surface area contributed by atoms with Crippen LogP contribution in [0.15, 0.2) is 29.2 Å². The number of piperazine rings is 1. The van der Waals surface area contributed by atoms with Crippen LogP contribution in [0.3, 0.4) is 0 Å². The van der Waals surface area contributed by atoms with Crippen LogP contribution in [0, 0.1) is 0 Å². The number of carbonyl (C=O) groups is 1. The van der Waals surface area contributed by atoms with Crippen LogP contribution in [0.2, 0.25) is 0 Å². The summed E-state index contributed by atoms with van der Waals surface area (Å²) >= 11 is 0. The van der Waals surface area contributed by atoms with Crippen molar-refractivity contribution in [1.82, 2.24) is 14.1 Å². The van der Waals surface area contributed by atoms with Gasteiger partial charge in [-0.15, -0.1) is 0 Å². The maximum atomic E-state index is 13.1. The highest BCUT2D eigenvalue weighted by Crippen LogP contribution is 2.29. The molecule has 2 aliphatic heterocycles. The smallest absolute Gasteiger partial charge is 0.239 e. The SMILES string of the molecule is O=C(CN1CCN(S(=O)(=O)C2=Cc3ccccc3CC2)CC1)N1CCCC1. The molecule has 3 aliphatic rings. The van der Waals surface area contributed by atoms with Crippen molar-refractivity contribution in [2.45, 2.75) is 25.7 Å². The molecule has 146 valence electrons. The quantitative estimate of drug-likeness (QED) is 0.784. The molecule has 1 aromatic rings. The maximum Gasteiger partial charge on any atom is 0.239 e. The summed E-state index contributed by atoms with van der Waals surface area (Å²) < 4.78 is 27.7. The summed E-state index contributed by atoms with van der Waals surface area (Å²) in [5.74, 6) is 0.176. The molecule has 2 heterocycles. The van der Waals surface area contributed by atoms with Gasteiger partial charge in [-0.3, -0.25) is 9.69 Å². The lowest BCUT2D eigenvalue weighted by molar-refractivity contribution is -0.131. The van der Waals surface area contributed by atoms with Gasteiger partial charge in [0.05, 0.1) is 11.4 Å². The van der Waals surface area contributed by atoms with Gasteiger partial charge in [0.1, 0.15) is 0 Å². The Bertz CT molecular complexity index is 836. The Morgan fingerprint density at radius 2 is 1.63 bits per heavy atom. The molecule has 0 aromatic heterocycles. The number of carbonyl (C=O) groups excluding carboxylic acids is 1. The molecule has 0 spiro atoms. The standard InChI is InChI=1S/C20H27N3O3S/c24-20(22-9-3-4-10-22)16-21-11-13-23(14-12-21)27(25,26)19-8-7-17-5-1-2-6-18(17)15-19/h1-2,5-6,15H,3-4,7-14,16H2. The molecule has 27 heavy (non-hydrogen) atoms. The van der Waals surface area contributed by atoms with E-state index >= 15 is 0 Å². The van der Waals surface area contributed by atoms with Crippen LogP contribution >= 0.6 is 0 Å². The van der Waals surface area contributed by atoms with E-state index < -0.39 is 10.0 Å². The van der Waals surface area contributed by atoms with E-state index in [9.17, 15) is 13.2 Å². The van der Waals surface area contributed by atoms with Gasteiger partial charge in [-0.2, -0.15) is 4.31 Å². The van der Waals surface area contributed by atoms with E-state index in [-0.39, 0.29) is 5.91 Å². The third-order valence-electron chi connectivity index (χ3n) is 5.83. The third kappa shape index (κ3) is 3.95. The van der Waals surface area contributed by atoms with E-state index in [2.05, 4.69) is 11.0 Å². The fourth-order valence-electron chi connectivity index (χ4n) is 4.16. The number of likely N-dealkylation sites (tertiary alicyclic amines) is 1. The molecule has 7 heteroatoms. The summed E-state index contributed by atoms with van der Waals surface area (Å²) in [5.41, 5.74) is 2.22. The summed E-state index contributed by atoms with van der Waals surface area (Å²) in [5, 5.41) is 0. The predicted molar refractivity (Wildman–Crippen MR) is 105 cm³/mol. The number of fused-ring (bicyclic) bond motifs is 1. The van der Waals surface area contributed by atoms with Gasteiger partial charge in [0, 0.05) is 39.3 Å². The second kappa shape index (κ2) is 7.73. The molecule has 0 unspecified atom stereocenters. The number of hydrogen-bond donors (Lipinski definition) is 0. The molecule has 0 saturated carbocycles. The minimum atomic E-state index is -3.42. The lowest BCUT2D eigenvalue weighted by Gasteiger charge is -2.35. The topological polar surface area (TPSA) is 60.9 Å². The number of aryl methyl sites for hydroxylation is 1. The van der Waals surface area contributed by atoms with E-state index in [0.717, 1.165) is 37.9 Å². The van der Waals surface area contributed by atoms with Crippen LogP contribution in [-0.2, 0) is 21.2 Å². The fraction of sp³-hybridized carbons (Fsp3) is 0.550. The average molecular weight is 390 g/mol. The van der Waals surface area contributed by atoms with Crippen molar-refractivity contribution in [3.05, 3.63) is 40.3 Å². The molecular formula is C20H27N3O3S. The molecule has 0 atom stereocenters. The van der Waals surface area contributed by atoms with E-state index in [0.29, 0.717) is 44.0 Å². The van der Waals surface area contributed by atoms with Crippen LogP contribution in [0.25, 0.3) is 6.08 Å². The Hall–Kier alpha value is -1.70. The Balaban J connectivity index is 1.37. The van der Waals surface area contributed by atoms with E-state index in [1.807, 2.05) is 29.2 Å². The highest BCUT2D eigenvalue weighted by atomic mass is 32.2. The van der Waals surface area contributed by atoms with Gasteiger partial charge in [0.25, 0.3) is 0 Å². The van der Waals surface area contributed by atoms with Gasteiger partial charge in [-0.1, -0.05) is 24.3 Å². The highest BCUT2D eigenvalue weighted by Gasteiger charge is 2.32. The van der Waals surface area contributed by atoms with Crippen molar-refractivity contribution in [3.63, 3.8) is 0 Å². The molecule has 1 aromatic carbocycles. The van der Waals surface area contributed by atoms with Crippen LogP contribution in [-0.4, -0.2) is 74.2 Å². The van der Waals surface area contributed by atoms with Crippen molar-refractivity contribution in [1.29, 1.82) is 0 Å². The first kappa shape index (κ1) is 18.7. The van der Waals surface area contributed by atoms with Crippen molar-refractivity contribution in [2.24, 2.45) is 0 Å². The van der Waals surface area contributed by atoms with Gasteiger partial charge < -0.3 is 4.90 Å². The molecule has 4 rings (SSSR count). The summed E-state index contributed by atoms with van der Waals surface area (Å²) in [6, 6.07) is 7.98. The summed E-state index contributed by atoms with van der Waals surface area (Å²) in [6.07, 6.45) is 5.35. The number of sulfonamides is 1. The van der Waals surface area contributed by atoms with Gasteiger partial charge in [-0.05, 0) is 42.9 Å². The second-order valence-corrected chi connectivity index (χ2v) is 9.57. The second-order valence-electron chi connectivity index (χ2n) is 7.58. The first-order chi connectivity index (χ1) is 13.0. The first-order valence-electron chi connectivity index (χ1n) is 9.83. The van der Waals surface area contributed by atoms with Crippen LogP contribution < -0.4 is 0 Å². The zero-order chi connectivity index (χ0) is 18.9. The average Bonchev–Trinajstić information content (AvgIpc) is 3.23. The Morgan fingerprint density at radius 1 is 0.926 bits per heavy atom. The number of rotatable bonds is 4. The Morgan fingerprint density at radius 3 is 2.37 bits per heavy atom. The summed E-state index contributed by atoms with van der Waals surface area (Å²) in [4.78, 5) is 16.8. The van der Waals surface area contributed by atoms with E-state index in [1.165, 1.54) is 5.56 Å². The van der Waals surface area contributed by atoms with Gasteiger partial charge in [0.15, 0.2) is 0 Å². The van der Waals surface area contributed by atoms with Gasteiger partial charge in [-0.25, -0.2) is 8.42 Å². The number of allylic oxidation sites excluding steroid dienone is 1. The van der Waals surface area contributed by atoms with E-state index in [4.69, 9.17) is 0 Å². The maximum absolute atomic E-state index is 13.1. The number of nitrogens with zero attached hydrogens (tertiary/aromatic N) is 3. The van der Waals surface area contributed by atoms with Crippen LogP contribution in [0.5, 0.6) is 0 Å². The van der Waals surface area contributed by atoms with Gasteiger partial charge in [0.2, 0.25) is 15.9 Å². The monoisotopic (exact) mass is 389 g/mol. The lowest BCUT2D eigenvalue weighted by atomic mass is 9.98. The molecule has 0 radical (unpaired) electrons. The minimum Gasteiger partial charge on any atom is -0.342 e. The number of hydrogen-bond acceptors (Lipinski definition) is 4. The van der Waals surface area contributed by atoms with Crippen molar-refractivity contribution in [2.75, 3.05) is 45.8 Å². The van der Waals surface area contributed by atoms with Gasteiger partial charge >= 0.3 is 0 Å². The molecule has 6 nitrogen and oxygen atoms in total. The highest BCUT2D eigenvalue weighted by molar-refractivity contribution is 7.93.